The van der Waals surface area contributed by atoms with E-state index in [0.29, 0.717) is 0 Å². The van der Waals surface area contributed by atoms with Crippen molar-refractivity contribution in [3.8, 4) is 5.75 Å². The molecule has 2 heterocycles. The summed E-state index contributed by atoms with van der Waals surface area (Å²) in [6.45, 7) is 9.59. The van der Waals surface area contributed by atoms with Crippen molar-refractivity contribution in [1.82, 2.24) is 15.5 Å². The van der Waals surface area contributed by atoms with Gasteiger partial charge in [-0.25, -0.2) is 0 Å². The summed E-state index contributed by atoms with van der Waals surface area (Å²) in [5.41, 5.74) is 1.04. The molecule has 1 aromatic carbocycles. The zero-order chi connectivity index (χ0) is 20.2. The van der Waals surface area contributed by atoms with E-state index in [-0.39, 0.29) is 17.2 Å². The van der Waals surface area contributed by atoms with Crippen LogP contribution in [0.25, 0.3) is 0 Å². The molecule has 2 aliphatic rings. The smallest absolute Gasteiger partial charge is 0.191 e. The Morgan fingerprint density at radius 1 is 1.21 bits per heavy atom. The molecule has 1 atom stereocenters. The van der Waals surface area contributed by atoms with Crippen LogP contribution in [-0.4, -0.2) is 62.4 Å². The van der Waals surface area contributed by atoms with E-state index in [1.807, 2.05) is 6.07 Å². The first-order valence-corrected chi connectivity index (χ1v) is 10.4. The number of likely N-dealkylation sites (N-methyl/N-ethyl adjacent to an activating group) is 1. The Balaban J connectivity index is 1.80. The van der Waals surface area contributed by atoms with E-state index in [2.05, 4.69) is 68.6 Å². The molecule has 156 valence electrons. The fraction of sp³-hybridized carbons (Fsp3) is 0.682. The minimum atomic E-state index is -0.213. The summed E-state index contributed by atoms with van der Waals surface area (Å²) in [7, 11) is 4.30. The second-order valence-corrected chi connectivity index (χ2v) is 8.73. The van der Waals surface area contributed by atoms with Crippen LogP contribution in [0.5, 0.6) is 5.75 Å². The maximum absolute atomic E-state index is 6.17. The average molecular weight is 389 g/mol. The number of benzene rings is 1. The predicted octanol–water partition coefficient (Wildman–Crippen LogP) is 2.95. The fourth-order valence-electron chi connectivity index (χ4n) is 4.14. The first-order valence-electron chi connectivity index (χ1n) is 10.4. The molecule has 2 aliphatic heterocycles. The predicted molar refractivity (Wildman–Crippen MR) is 114 cm³/mol. The third-order valence-corrected chi connectivity index (χ3v) is 5.94. The molecule has 2 N–H and O–H groups in total. The molecule has 0 bridgehead atoms. The Kier molecular flexibility index (Phi) is 6.50. The second-order valence-electron chi connectivity index (χ2n) is 8.73. The SMILES string of the molecule is CCNC(=NCC1(N(C)C)CCOCC1)NC1CC(C)(C)Oc2ccccc21. The van der Waals surface area contributed by atoms with Gasteiger partial charge in [0, 0.05) is 37.3 Å². The summed E-state index contributed by atoms with van der Waals surface area (Å²) in [6.07, 6.45) is 2.91. The zero-order valence-electron chi connectivity index (χ0n) is 18.0. The lowest BCUT2D eigenvalue weighted by atomic mass is 9.89. The average Bonchev–Trinajstić information content (AvgIpc) is 2.66. The van der Waals surface area contributed by atoms with Gasteiger partial charge in [0.25, 0.3) is 0 Å². The summed E-state index contributed by atoms with van der Waals surface area (Å²) in [5.74, 6) is 1.83. The number of hydrogen-bond acceptors (Lipinski definition) is 4. The van der Waals surface area contributed by atoms with Gasteiger partial charge in [0.2, 0.25) is 0 Å². The van der Waals surface area contributed by atoms with Gasteiger partial charge in [0.15, 0.2) is 5.96 Å². The van der Waals surface area contributed by atoms with E-state index in [1.54, 1.807) is 0 Å². The van der Waals surface area contributed by atoms with Gasteiger partial charge in [-0.3, -0.25) is 4.99 Å². The molecule has 0 radical (unpaired) electrons. The van der Waals surface area contributed by atoms with Crippen LogP contribution in [0.2, 0.25) is 0 Å². The number of fused-ring (bicyclic) bond motifs is 1. The zero-order valence-corrected chi connectivity index (χ0v) is 18.0. The number of nitrogens with one attached hydrogen (secondary N) is 2. The number of nitrogens with zero attached hydrogens (tertiary/aromatic N) is 2. The normalized spacial score (nSPS) is 23.6. The van der Waals surface area contributed by atoms with Crippen LogP contribution >= 0.6 is 0 Å². The maximum Gasteiger partial charge on any atom is 0.191 e. The summed E-state index contributed by atoms with van der Waals surface area (Å²) in [6, 6.07) is 8.47. The largest absolute Gasteiger partial charge is 0.487 e. The molecule has 1 saturated heterocycles. The minimum Gasteiger partial charge on any atom is -0.487 e. The Morgan fingerprint density at radius 3 is 2.61 bits per heavy atom. The van der Waals surface area contributed by atoms with Crippen LogP contribution in [0.4, 0.5) is 0 Å². The van der Waals surface area contributed by atoms with Gasteiger partial charge in [-0.2, -0.15) is 0 Å². The molecule has 0 aromatic heterocycles. The molecule has 0 amide bonds. The van der Waals surface area contributed by atoms with Crippen LogP contribution in [0.15, 0.2) is 29.3 Å². The van der Waals surface area contributed by atoms with E-state index in [9.17, 15) is 0 Å². The van der Waals surface area contributed by atoms with E-state index < -0.39 is 0 Å². The van der Waals surface area contributed by atoms with Crippen molar-refractivity contribution in [3.63, 3.8) is 0 Å². The van der Waals surface area contributed by atoms with Gasteiger partial charge < -0.3 is 25.0 Å². The van der Waals surface area contributed by atoms with Crippen LogP contribution in [0.1, 0.15) is 51.6 Å². The fourth-order valence-corrected chi connectivity index (χ4v) is 4.14. The standard InChI is InChI=1S/C22H36N4O2/c1-6-23-20(24-16-22(26(4)5)11-13-27-14-12-22)25-18-15-21(2,3)28-19-10-8-7-9-17(18)19/h7-10,18H,6,11-16H2,1-5H3,(H2,23,24,25). The highest BCUT2D eigenvalue weighted by molar-refractivity contribution is 5.80. The van der Waals surface area contributed by atoms with Crippen LogP contribution in [0.3, 0.4) is 0 Å². The molecule has 3 rings (SSSR count). The molecule has 0 aliphatic carbocycles. The highest BCUT2D eigenvalue weighted by Crippen LogP contribution is 2.39. The van der Waals surface area contributed by atoms with E-state index in [0.717, 1.165) is 57.3 Å². The first kappa shape index (κ1) is 20.9. The van der Waals surface area contributed by atoms with Crippen LogP contribution in [0, 0.1) is 0 Å². The lowest BCUT2D eigenvalue weighted by Crippen LogP contribution is -2.52. The van der Waals surface area contributed by atoms with Gasteiger partial charge in [0.1, 0.15) is 11.4 Å². The number of aliphatic imine (C=N–C) groups is 1. The maximum atomic E-state index is 6.17. The molecule has 0 spiro atoms. The van der Waals surface area contributed by atoms with Crippen molar-refractivity contribution >= 4 is 5.96 Å². The van der Waals surface area contributed by atoms with Crippen molar-refractivity contribution in [2.45, 2.75) is 57.2 Å². The van der Waals surface area contributed by atoms with Crippen molar-refractivity contribution in [2.24, 2.45) is 4.99 Å². The van der Waals surface area contributed by atoms with Gasteiger partial charge in [-0.15, -0.1) is 0 Å². The highest BCUT2D eigenvalue weighted by atomic mass is 16.5. The monoisotopic (exact) mass is 388 g/mol. The number of rotatable bonds is 5. The molecule has 1 aromatic rings. The van der Waals surface area contributed by atoms with Gasteiger partial charge in [0.05, 0.1) is 12.6 Å². The van der Waals surface area contributed by atoms with Gasteiger partial charge in [-0.1, -0.05) is 18.2 Å². The van der Waals surface area contributed by atoms with E-state index in [1.165, 1.54) is 5.56 Å². The van der Waals surface area contributed by atoms with E-state index in [4.69, 9.17) is 14.5 Å². The second kappa shape index (κ2) is 8.70. The molecule has 6 nitrogen and oxygen atoms in total. The summed E-state index contributed by atoms with van der Waals surface area (Å²) >= 11 is 0. The quantitative estimate of drug-likeness (QED) is 0.600. The summed E-state index contributed by atoms with van der Waals surface area (Å²) < 4.78 is 11.8. The highest BCUT2D eigenvalue weighted by Gasteiger charge is 2.36. The van der Waals surface area contributed by atoms with Gasteiger partial charge in [-0.05, 0) is 53.8 Å². The topological polar surface area (TPSA) is 58.1 Å². The molecule has 1 unspecified atom stereocenters. The summed E-state index contributed by atoms with van der Waals surface area (Å²) in [4.78, 5) is 7.32. The molecule has 0 saturated carbocycles. The lowest BCUT2D eigenvalue weighted by molar-refractivity contribution is -0.00257. The third kappa shape index (κ3) is 4.78. The molecule has 1 fully saturated rings. The first-order chi connectivity index (χ1) is 13.4. The van der Waals surface area contributed by atoms with Crippen molar-refractivity contribution < 1.29 is 9.47 Å². The Labute approximate surface area is 169 Å². The van der Waals surface area contributed by atoms with Gasteiger partial charge >= 0.3 is 0 Å². The third-order valence-electron chi connectivity index (χ3n) is 5.94. The molecular formula is C22H36N4O2. The Bertz CT molecular complexity index is 681. The minimum absolute atomic E-state index is 0.0630. The van der Waals surface area contributed by atoms with Crippen molar-refractivity contribution in [1.29, 1.82) is 0 Å². The van der Waals surface area contributed by atoms with E-state index >= 15 is 0 Å². The number of para-hydroxylation sites is 1. The number of guanidine groups is 1. The Morgan fingerprint density at radius 2 is 1.93 bits per heavy atom. The van der Waals surface area contributed by atoms with Crippen molar-refractivity contribution in [3.05, 3.63) is 29.8 Å². The molecule has 6 heteroatoms. The Hall–Kier alpha value is -1.79. The van der Waals surface area contributed by atoms with Crippen LogP contribution < -0.4 is 15.4 Å². The molecule has 28 heavy (non-hydrogen) atoms. The van der Waals surface area contributed by atoms with Crippen molar-refractivity contribution in [2.75, 3.05) is 40.4 Å². The number of ether oxygens (including phenoxy) is 2. The molecular weight excluding hydrogens is 352 g/mol. The number of hydrogen-bond donors (Lipinski definition) is 2. The summed E-state index contributed by atoms with van der Waals surface area (Å²) in [5, 5.41) is 7.11. The lowest BCUT2D eigenvalue weighted by Gasteiger charge is -2.42. The van der Waals surface area contributed by atoms with Crippen LogP contribution in [-0.2, 0) is 4.74 Å².